The zero-order chi connectivity index (χ0) is 11.7. The monoisotopic (exact) mass is 212 g/mol. The van der Waals surface area contributed by atoms with Gasteiger partial charge >= 0.3 is 0 Å². The van der Waals surface area contributed by atoms with Crippen LogP contribution in [-0.4, -0.2) is 17.5 Å². The number of carbonyl (C=O) groups excluding carboxylic acids is 1. The molecule has 0 spiro atoms. The van der Waals surface area contributed by atoms with Gasteiger partial charge in [0.1, 0.15) is 6.29 Å². The lowest BCUT2D eigenvalue weighted by atomic mass is 9.98. The Balaban J connectivity index is 3.61. The summed E-state index contributed by atoms with van der Waals surface area (Å²) < 4.78 is 0. The van der Waals surface area contributed by atoms with Gasteiger partial charge in [0, 0.05) is 6.42 Å². The predicted molar refractivity (Wildman–Crippen MR) is 63.8 cm³/mol. The van der Waals surface area contributed by atoms with Crippen molar-refractivity contribution in [2.45, 2.75) is 59.0 Å². The van der Waals surface area contributed by atoms with Gasteiger partial charge in [0.15, 0.2) is 0 Å². The highest BCUT2D eigenvalue weighted by Gasteiger charge is 2.04. The van der Waals surface area contributed by atoms with Gasteiger partial charge < -0.3 is 9.90 Å². The third kappa shape index (κ3) is 9.67. The van der Waals surface area contributed by atoms with E-state index in [9.17, 15) is 9.90 Å². The predicted octanol–water partition coefficient (Wildman–Crippen LogP) is 3.10. The van der Waals surface area contributed by atoms with Crippen molar-refractivity contribution in [3.63, 3.8) is 0 Å². The fraction of sp³-hybridized carbons (Fsp3) is 0.769. The molecule has 0 aliphatic carbocycles. The van der Waals surface area contributed by atoms with Gasteiger partial charge in [0.2, 0.25) is 0 Å². The Labute approximate surface area is 93.4 Å². The Morgan fingerprint density at radius 2 is 2.00 bits per heavy atom. The van der Waals surface area contributed by atoms with Crippen molar-refractivity contribution in [3.8, 4) is 0 Å². The van der Waals surface area contributed by atoms with Crippen LogP contribution in [-0.2, 0) is 4.79 Å². The van der Waals surface area contributed by atoms with Crippen LogP contribution in [0.4, 0.5) is 0 Å². The molecule has 0 amide bonds. The van der Waals surface area contributed by atoms with E-state index in [1.165, 1.54) is 5.57 Å². The number of allylic oxidation sites excluding steroid dienone is 2. The molecule has 0 rings (SSSR count). The average molecular weight is 212 g/mol. The van der Waals surface area contributed by atoms with E-state index >= 15 is 0 Å². The number of aldehydes is 1. The maximum Gasteiger partial charge on any atom is 0.120 e. The SMILES string of the molecule is CC(=CCCC(C)CC(C)O)CCC=O. The summed E-state index contributed by atoms with van der Waals surface area (Å²) in [5, 5.41) is 9.19. The Kier molecular flexibility index (Phi) is 8.30. The first kappa shape index (κ1) is 14.4. The van der Waals surface area contributed by atoms with E-state index in [4.69, 9.17) is 0 Å². The summed E-state index contributed by atoms with van der Waals surface area (Å²) >= 11 is 0. The Hall–Kier alpha value is -0.630. The quantitative estimate of drug-likeness (QED) is 0.496. The van der Waals surface area contributed by atoms with Gasteiger partial charge in [-0.3, -0.25) is 0 Å². The van der Waals surface area contributed by atoms with E-state index < -0.39 is 0 Å². The Bertz CT molecular complexity index is 195. The van der Waals surface area contributed by atoms with Gasteiger partial charge in [0.05, 0.1) is 6.10 Å². The van der Waals surface area contributed by atoms with Crippen molar-refractivity contribution in [3.05, 3.63) is 11.6 Å². The summed E-state index contributed by atoms with van der Waals surface area (Å²) in [5.74, 6) is 0.570. The first-order chi connectivity index (χ1) is 7.06. The average Bonchev–Trinajstić information content (AvgIpc) is 2.13. The van der Waals surface area contributed by atoms with E-state index in [-0.39, 0.29) is 6.10 Å². The third-order valence-corrected chi connectivity index (χ3v) is 2.55. The fourth-order valence-corrected chi connectivity index (χ4v) is 1.70. The summed E-state index contributed by atoms with van der Waals surface area (Å²) in [6, 6.07) is 0. The molecule has 0 aliphatic heterocycles. The minimum atomic E-state index is -0.194. The Morgan fingerprint density at radius 1 is 1.33 bits per heavy atom. The summed E-state index contributed by atoms with van der Waals surface area (Å²) in [5.41, 5.74) is 1.30. The summed E-state index contributed by atoms with van der Waals surface area (Å²) in [7, 11) is 0. The van der Waals surface area contributed by atoms with Crippen LogP contribution in [0, 0.1) is 5.92 Å². The third-order valence-electron chi connectivity index (χ3n) is 2.55. The molecule has 0 radical (unpaired) electrons. The van der Waals surface area contributed by atoms with Crippen LogP contribution in [0.5, 0.6) is 0 Å². The van der Waals surface area contributed by atoms with Gasteiger partial charge in [-0.15, -0.1) is 0 Å². The van der Waals surface area contributed by atoms with Gasteiger partial charge in [-0.25, -0.2) is 0 Å². The van der Waals surface area contributed by atoms with Crippen molar-refractivity contribution in [1.29, 1.82) is 0 Å². The topological polar surface area (TPSA) is 37.3 Å². The molecule has 2 nitrogen and oxygen atoms in total. The highest BCUT2D eigenvalue weighted by atomic mass is 16.3. The summed E-state index contributed by atoms with van der Waals surface area (Å²) in [6.07, 6.45) is 7.54. The minimum absolute atomic E-state index is 0.194. The lowest BCUT2D eigenvalue weighted by molar-refractivity contribution is -0.107. The second kappa shape index (κ2) is 8.66. The van der Waals surface area contributed by atoms with Gasteiger partial charge in [-0.05, 0) is 45.4 Å². The first-order valence-corrected chi connectivity index (χ1v) is 5.83. The Morgan fingerprint density at radius 3 is 2.53 bits per heavy atom. The van der Waals surface area contributed by atoms with E-state index in [0.29, 0.717) is 12.3 Å². The lowest BCUT2D eigenvalue weighted by Crippen LogP contribution is -2.06. The molecule has 1 N–H and O–H groups in total. The number of hydrogen-bond donors (Lipinski definition) is 1. The molecule has 2 heteroatoms. The second-order valence-corrected chi connectivity index (χ2v) is 4.52. The van der Waals surface area contributed by atoms with Crippen LogP contribution >= 0.6 is 0 Å². The van der Waals surface area contributed by atoms with Crippen LogP contribution in [0.2, 0.25) is 0 Å². The van der Waals surface area contributed by atoms with Crippen LogP contribution in [0.1, 0.15) is 52.9 Å². The van der Waals surface area contributed by atoms with Gasteiger partial charge in [-0.2, -0.15) is 0 Å². The summed E-state index contributed by atoms with van der Waals surface area (Å²) in [4.78, 5) is 10.2. The number of rotatable bonds is 8. The van der Waals surface area contributed by atoms with E-state index in [1.54, 1.807) is 0 Å². The first-order valence-electron chi connectivity index (χ1n) is 5.83. The molecule has 0 aromatic rings. The van der Waals surface area contributed by atoms with E-state index in [0.717, 1.165) is 32.0 Å². The van der Waals surface area contributed by atoms with Crippen LogP contribution in [0.3, 0.4) is 0 Å². The second-order valence-electron chi connectivity index (χ2n) is 4.52. The highest BCUT2D eigenvalue weighted by Crippen LogP contribution is 2.14. The maximum absolute atomic E-state index is 10.2. The molecule has 0 aromatic carbocycles. The molecule has 0 saturated carbocycles. The molecule has 0 heterocycles. The molecular formula is C13H24O2. The molecule has 88 valence electrons. The van der Waals surface area contributed by atoms with Crippen LogP contribution < -0.4 is 0 Å². The normalized spacial score (nSPS) is 16.1. The van der Waals surface area contributed by atoms with Crippen LogP contribution in [0.25, 0.3) is 0 Å². The smallest absolute Gasteiger partial charge is 0.120 e. The molecule has 15 heavy (non-hydrogen) atoms. The van der Waals surface area contributed by atoms with Gasteiger partial charge in [-0.1, -0.05) is 18.6 Å². The molecule has 0 saturated heterocycles. The zero-order valence-corrected chi connectivity index (χ0v) is 10.2. The summed E-state index contributed by atoms with van der Waals surface area (Å²) in [6.45, 7) is 6.08. The molecule has 0 fully saturated rings. The van der Waals surface area contributed by atoms with E-state index in [1.807, 2.05) is 6.92 Å². The molecule has 0 bridgehead atoms. The number of hydrogen-bond acceptors (Lipinski definition) is 2. The van der Waals surface area contributed by atoms with E-state index in [2.05, 4.69) is 19.9 Å². The zero-order valence-electron chi connectivity index (χ0n) is 10.2. The number of aliphatic hydroxyl groups excluding tert-OH is 1. The van der Waals surface area contributed by atoms with Crippen LogP contribution in [0.15, 0.2) is 11.6 Å². The van der Waals surface area contributed by atoms with Crippen molar-refractivity contribution in [1.82, 2.24) is 0 Å². The maximum atomic E-state index is 10.2. The molecule has 2 atom stereocenters. The van der Waals surface area contributed by atoms with Crippen molar-refractivity contribution >= 4 is 6.29 Å². The standard InChI is InChI=1S/C13H24O2/c1-11(8-5-9-14)6-4-7-12(2)10-13(3)15/h6,9,12-13,15H,4-5,7-8,10H2,1-3H3. The molecular weight excluding hydrogens is 188 g/mol. The van der Waals surface area contributed by atoms with Gasteiger partial charge in [0.25, 0.3) is 0 Å². The van der Waals surface area contributed by atoms with Crippen molar-refractivity contribution in [2.24, 2.45) is 5.92 Å². The molecule has 0 aliphatic rings. The van der Waals surface area contributed by atoms with Crippen molar-refractivity contribution < 1.29 is 9.90 Å². The molecule has 2 unspecified atom stereocenters. The highest BCUT2D eigenvalue weighted by molar-refractivity contribution is 5.49. The lowest BCUT2D eigenvalue weighted by Gasteiger charge is -2.11. The van der Waals surface area contributed by atoms with Crippen molar-refractivity contribution in [2.75, 3.05) is 0 Å². The minimum Gasteiger partial charge on any atom is -0.393 e. The fourth-order valence-electron chi connectivity index (χ4n) is 1.70. The number of carbonyl (C=O) groups is 1. The largest absolute Gasteiger partial charge is 0.393 e. The molecule has 0 aromatic heterocycles. The number of aliphatic hydroxyl groups is 1.